The number of aromatic nitrogens is 3. The first-order valence-corrected chi connectivity index (χ1v) is 18.6. The van der Waals surface area contributed by atoms with Crippen molar-refractivity contribution in [3.63, 3.8) is 0 Å². The van der Waals surface area contributed by atoms with E-state index in [1.807, 2.05) is 0 Å². The number of fused-ring (bicyclic) bond motifs is 7. The Morgan fingerprint density at radius 2 is 1.19 bits per heavy atom. The lowest BCUT2D eigenvalue weighted by atomic mass is 9.95. The van der Waals surface area contributed by atoms with Gasteiger partial charge in [0.1, 0.15) is 5.58 Å². The molecular weight excluding hydrogens is 659 g/mol. The average Bonchev–Trinajstić information content (AvgIpc) is 3.80. The molecular formula is C50H33N3O. The smallest absolute Gasteiger partial charge is 0.160 e. The quantitative estimate of drug-likeness (QED) is 0.180. The number of hydrogen-bond acceptors (Lipinski definition) is 3. The lowest BCUT2D eigenvalue weighted by Crippen LogP contribution is -2.05. The second-order valence-electron chi connectivity index (χ2n) is 14.0. The standard InChI is InChI=1S/C50H33N3O/c1-3-13-32(14-4-1)34-25-27-35(28-26-34)48-38-18-7-9-21-42(38)51-50(52-48)40-20-12-24-46-47(40)39-19-11-23-45(49(39)54-46)53-43-22-10-8-17-37(43)41-31-36(29-30-44(41)53)33-15-5-2-6-16-33/h1-8,10-20,22-31H,9,21H2. The van der Waals surface area contributed by atoms with Gasteiger partial charge in [-0.1, -0.05) is 146 Å². The van der Waals surface area contributed by atoms with Gasteiger partial charge >= 0.3 is 0 Å². The molecule has 0 radical (unpaired) electrons. The van der Waals surface area contributed by atoms with Crippen LogP contribution in [0.15, 0.2) is 174 Å². The van der Waals surface area contributed by atoms with Crippen LogP contribution in [0.4, 0.5) is 0 Å². The van der Waals surface area contributed by atoms with Gasteiger partial charge in [-0.2, -0.15) is 0 Å². The SMILES string of the molecule is C1=Cc2c(nc(-c3cccc4oc5c(-n6c7ccccc7c7cc(-c8ccccc8)ccc76)cccc5c34)nc2-c2ccc(-c3ccccc3)cc2)CC1. The maximum Gasteiger partial charge on any atom is 0.160 e. The predicted molar refractivity (Wildman–Crippen MR) is 223 cm³/mol. The monoisotopic (exact) mass is 691 g/mol. The molecule has 54 heavy (non-hydrogen) atoms. The summed E-state index contributed by atoms with van der Waals surface area (Å²) in [6, 6.07) is 58.0. The van der Waals surface area contributed by atoms with E-state index < -0.39 is 0 Å². The Morgan fingerprint density at radius 3 is 2.02 bits per heavy atom. The Bertz CT molecular complexity index is 3080. The molecule has 7 aromatic carbocycles. The molecule has 0 amide bonds. The lowest BCUT2D eigenvalue weighted by molar-refractivity contribution is 0.666. The Kier molecular flexibility index (Phi) is 6.96. The fraction of sp³-hybridized carbons (Fsp3) is 0.0400. The topological polar surface area (TPSA) is 43.9 Å². The average molecular weight is 692 g/mol. The third-order valence-corrected chi connectivity index (χ3v) is 10.9. The molecule has 0 unspecified atom stereocenters. The highest BCUT2D eigenvalue weighted by atomic mass is 16.3. The van der Waals surface area contributed by atoms with Crippen molar-refractivity contribution in [2.45, 2.75) is 12.8 Å². The molecule has 0 bridgehead atoms. The summed E-state index contributed by atoms with van der Waals surface area (Å²) in [7, 11) is 0. The van der Waals surface area contributed by atoms with Gasteiger partial charge in [-0.25, -0.2) is 9.97 Å². The van der Waals surface area contributed by atoms with Crippen LogP contribution in [0.5, 0.6) is 0 Å². The number of rotatable bonds is 5. The van der Waals surface area contributed by atoms with Crippen LogP contribution in [-0.4, -0.2) is 14.5 Å². The van der Waals surface area contributed by atoms with Crippen LogP contribution in [-0.2, 0) is 6.42 Å². The zero-order valence-electron chi connectivity index (χ0n) is 29.4. The molecule has 0 N–H and O–H groups in total. The van der Waals surface area contributed by atoms with E-state index in [1.165, 1.54) is 33.0 Å². The van der Waals surface area contributed by atoms with E-state index in [-0.39, 0.29) is 0 Å². The molecule has 0 fully saturated rings. The van der Waals surface area contributed by atoms with Crippen molar-refractivity contribution in [1.82, 2.24) is 14.5 Å². The van der Waals surface area contributed by atoms with Crippen molar-refractivity contribution in [1.29, 1.82) is 0 Å². The van der Waals surface area contributed by atoms with E-state index in [9.17, 15) is 0 Å². The Hall–Kier alpha value is -7.04. The van der Waals surface area contributed by atoms with Gasteiger partial charge in [0, 0.05) is 38.2 Å². The van der Waals surface area contributed by atoms with Gasteiger partial charge in [0.2, 0.25) is 0 Å². The molecule has 1 aliphatic rings. The second-order valence-corrected chi connectivity index (χ2v) is 14.0. The first-order valence-electron chi connectivity index (χ1n) is 18.6. The van der Waals surface area contributed by atoms with E-state index in [2.05, 4.69) is 181 Å². The minimum absolute atomic E-state index is 0.718. The Morgan fingerprint density at radius 1 is 0.519 bits per heavy atom. The van der Waals surface area contributed by atoms with Crippen LogP contribution in [0.3, 0.4) is 0 Å². The summed E-state index contributed by atoms with van der Waals surface area (Å²) in [6.45, 7) is 0. The third kappa shape index (κ3) is 4.84. The van der Waals surface area contributed by atoms with Crippen molar-refractivity contribution in [3.05, 3.63) is 181 Å². The molecule has 254 valence electrons. The molecule has 0 saturated heterocycles. The molecule has 10 aromatic rings. The number of para-hydroxylation sites is 2. The van der Waals surface area contributed by atoms with Crippen molar-refractivity contribution < 1.29 is 4.42 Å². The van der Waals surface area contributed by atoms with Crippen LogP contribution in [0.25, 0.3) is 100 Å². The fourth-order valence-electron chi connectivity index (χ4n) is 8.33. The van der Waals surface area contributed by atoms with Gasteiger partial charge in [-0.3, -0.25) is 0 Å². The molecule has 1 aliphatic carbocycles. The van der Waals surface area contributed by atoms with Crippen LogP contribution < -0.4 is 0 Å². The minimum atomic E-state index is 0.718. The maximum absolute atomic E-state index is 6.86. The lowest BCUT2D eigenvalue weighted by Gasteiger charge is -2.16. The van der Waals surface area contributed by atoms with Crippen molar-refractivity contribution in [2.24, 2.45) is 0 Å². The molecule has 0 spiro atoms. The largest absolute Gasteiger partial charge is 0.454 e. The number of allylic oxidation sites excluding steroid dienone is 1. The molecule has 4 heteroatoms. The zero-order valence-corrected chi connectivity index (χ0v) is 29.4. The van der Waals surface area contributed by atoms with Crippen LogP contribution in [0.2, 0.25) is 0 Å². The molecule has 3 heterocycles. The van der Waals surface area contributed by atoms with Crippen LogP contribution in [0, 0.1) is 0 Å². The minimum Gasteiger partial charge on any atom is -0.454 e. The number of hydrogen-bond donors (Lipinski definition) is 0. The third-order valence-electron chi connectivity index (χ3n) is 10.9. The maximum atomic E-state index is 6.86. The van der Waals surface area contributed by atoms with Gasteiger partial charge in [0.05, 0.1) is 28.1 Å². The van der Waals surface area contributed by atoms with Gasteiger partial charge in [0.15, 0.2) is 11.4 Å². The summed E-state index contributed by atoms with van der Waals surface area (Å²) in [5.74, 6) is 0.718. The highest BCUT2D eigenvalue weighted by Gasteiger charge is 2.23. The highest BCUT2D eigenvalue weighted by Crippen LogP contribution is 2.42. The van der Waals surface area contributed by atoms with Gasteiger partial charge in [0.25, 0.3) is 0 Å². The van der Waals surface area contributed by atoms with Crippen molar-refractivity contribution in [3.8, 4) is 50.6 Å². The van der Waals surface area contributed by atoms with E-state index in [1.54, 1.807) is 0 Å². The molecule has 0 aliphatic heterocycles. The number of furan rings is 1. The number of nitrogens with zero attached hydrogens (tertiary/aromatic N) is 3. The summed E-state index contributed by atoms with van der Waals surface area (Å²) in [6.07, 6.45) is 6.26. The fourth-order valence-corrected chi connectivity index (χ4v) is 8.33. The summed E-state index contributed by atoms with van der Waals surface area (Å²) in [5, 5.41) is 4.49. The van der Waals surface area contributed by atoms with Crippen LogP contribution >= 0.6 is 0 Å². The zero-order chi connectivity index (χ0) is 35.6. The Labute approximate surface area is 312 Å². The molecule has 4 nitrogen and oxygen atoms in total. The van der Waals surface area contributed by atoms with Crippen molar-refractivity contribution in [2.75, 3.05) is 0 Å². The number of benzene rings is 7. The molecule has 0 atom stereocenters. The normalized spacial score (nSPS) is 12.6. The Balaban J connectivity index is 1.09. The molecule has 0 saturated carbocycles. The van der Waals surface area contributed by atoms with E-state index in [0.29, 0.717) is 0 Å². The first-order chi connectivity index (χ1) is 26.8. The van der Waals surface area contributed by atoms with Gasteiger partial charge in [-0.15, -0.1) is 0 Å². The van der Waals surface area contributed by atoms with Crippen molar-refractivity contribution >= 4 is 49.8 Å². The van der Waals surface area contributed by atoms with E-state index >= 15 is 0 Å². The van der Waals surface area contributed by atoms with E-state index in [4.69, 9.17) is 14.4 Å². The number of aryl methyl sites for hydroxylation is 1. The van der Waals surface area contributed by atoms with E-state index in [0.717, 1.165) is 85.4 Å². The van der Waals surface area contributed by atoms with Gasteiger partial charge < -0.3 is 8.98 Å². The highest BCUT2D eigenvalue weighted by molar-refractivity contribution is 6.16. The first kappa shape index (κ1) is 30.6. The van der Waals surface area contributed by atoms with Gasteiger partial charge in [-0.05, 0) is 65.4 Å². The molecule has 3 aromatic heterocycles. The summed E-state index contributed by atoms with van der Waals surface area (Å²) in [4.78, 5) is 10.6. The van der Waals surface area contributed by atoms with Crippen LogP contribution in [0.1, 0.15) is 17.7 Å². The summed E-state index contributed by atoms with van der Waals surface area (Å²) in [5.41, 5.74) is 14.9. The predicted octanol–water partition coefficient (Wildman–Crippen LogP) is 13.1. The molecule has 11 rings (SSSR count). The summed E-state index contributed by atoms with van der Waals surface area (Å²) < 4.78 is 9.21. The second kappa shape index (κ2) is 12.3. The summed E-state index contributed by atoms with van der Waals surface area (Å²) >= 11 is 0.